The normalized spacial score (nSPS) is 10.1. The van der Waals surface area contributed by atoms with Crippen molar-refractivity contribution < 1.29 is 19.2 Å². The Morgan fingerprint density at radius 3 is 1.80 bits per heavy atom. The van der Waals surface area contributed by atoms with Crippen LogP contribution in [0.1, 0.15) is 10.4 Å². The summed E-state index contributed by atoms with van der Waals surface area (Å²) in [5.74, 6) is -2.16. The van der Waals surface area contributed by atoms with Gasteiger partial charge in [-0.05, 0) is 42.5 Å². The molecule has 0 heterocycles. The number of carbonyl (C=O) groups excluding carboxylic acids is 4. The second-order valence-electron chi connectivity index (χ2n) is 5.92. The molecule has 0 spiro atoms. The van der Waals surface area contributed by atoms with E-state index in [1.54, 1.807) is 24.3 Å². The summed E-state index contributed by atoms with van der Waals surface area (Å²) in [6, 6.07) is 10.8. The van der Waals surface area contributed by atoms with Gasteiger partial charge in [-0.25, -0.2) is 0 Å². The van der Waals surface area contributed by atoms with Crippen molar-refractivity contribution in [3.8, 4) is 0 Å². The quantitative estimate of drug-likeness (QED) is 0.472. The zero-order valence-corrected chi connectivity index (χ0v) is 17.7. The van der Waals surface area contributed by atoms with Gasteiger partial charge in [0.2, 0.25) is 17.7 Å². The Labute approximate surface area is 187 Å². The summed E-state index contributed by atoms with van der Waals surface area (Å²) < 4.78 is 0. The van der Waals surface area contributed by atoms with Crippen LogP contribution in [0.2, 0.25) is 15.1 Å². The van der Waals surface area contributed by atoms with E-state index in [-0.39, 0.29) is 30.2 Å². The molecule has 11 heteroatoms. The molecule has 0 unspecified atom stereocenters. The molecule has 30 heavy (non-hydrogen) atoms. The van der Waals surface area contributed by atoms with Crippen LogP contribution in [0.3, 0.4) is 0 Å². The largest absolute Gasteiger partial charge is 0.346 e. The maximum absolute atomic E-state index is 12.0. The van der Waals surface area contributed by atoms with E-state index in [2.05, 4.69) is 21.3 Å². The smallest absolute Gasteiger partial charge is 0.253 e. The standard InChI is InChI=1S/C19H17Cl3N4O4/c20-11-1-4-13(5-2-11)26-18(29)10-24-16(27)8-23-17(28)9-25-19(30)14-6-3-12(21)7-15(14)22/h1-7H,8-10H2,(H,23,28)(H,24,27)(H,25,30)(H,26,29). The lowest BCUT2D eigenvalue weighted by atomic mass is 10.2. The van der Waals surface area contributed by atoms with E-state index in [9.17, 15) is 19.2 Å². The highest BCUT2D eigenvalue weighted by Crippen LogP contribution is 2.20. The number of carbonyl (C=O) groups is 4. The molecular weight excluding hydrogens is 455 g/mol. The van der Waals surface area contributed by atoms with E-state index in [1.165, 1.54) is 18.2 Å². The van der Waals surface area contributed by atoms with Crippen LogP contribution in [-0.4, -0.2) is 43.3 Å². The Morgan fingerprint density at radius 1 is 0.667 bits per heavy atom. The van der Waals surface area contributed by atoms with Crippen LogP contribution in [0.5, 0.6) is 0 Å². The fourth-order valence-corrected chi connectivity index (χ4v) is 2.77. The Balaban J connectivity index is 1.66. The van der Waals surface area contributed by atoms with Gasteiger partial charge in [-0.1, -0.05) is 34.8 Å². The number of halogens is 3. The molecule has 0 atom stereocenters. The Kier molecular flexibility index (Phi) is 8.91. The summed E-state index contributed by atoms with van der Waals surface area (Å²) in [5.41, 5.74) is 0.696. The van der Waals surface area contributed by atoms with Crippen LogP contribution in [0.4, 0.5) is 5.69 Å². The van der Waals surface area contributed by atoms with Gasteiger partial charge in [0, 0.05) is 15.7 Å². The van der Waals surface area contributed by atoms with Crippen molar-refractivity contribution in [3.63, 3.8) is 0 Å². The van der Waals surface area contributed by atoms with Crippen molar-refractivity contribution in [2.24, 2.45) is 0 Å². The topological polar surface area (TPSA) is 116 Å². The predicted molar refractivity (Wildman–Crippen MR) is 115 cm³/mol. The average molecular weight is 472 g/mol. The van der Waals surface area contributed by atoms with Gasteiger partial charge in [0.05, 0.1) is 30.2 Å². The predicted octanol–water partition coefficient (Wildman–Crippen LogP) is 2.25. The number of rotatable bonds is 8. The molecule has 8 nitrogen and oxygen atoms in total. The zero-order chi connectivity index (χ0) is 22.1. The Hall–Kier alpha value is -2.81. The first-order valence-corrected chi connectivity index (χ1v) is 9.70. The van der Waals surface area contributed by atoms with E-state index in [1.807, 2.05) is 0 Å². The molecule has 2 aromatic carbocycles. The van der Waals surface area contributed by atoms with Crippen LogP contribution in [0.15, 0.2) is 42.5 Å². The summed E-state index contributed by atoms with van der Waals surface area (Å²) in [7, 11) is 0. The van der Waals surface area contributed by atoms with Crippen molar-refractivity contribution in [1.82, 2.24) is 16.0 Å². The number of anilines is 1. The first-order valence-electron chi connectivity index (χ1n) is 8.56. The number of benzene rings is 2. The zero-order valence-electron chi connectivity index (χ0n) is 15.4. The third-order valence-electron chi connectivity index (χ3n) is 3.61. The summed E-state index contributed by atoms with van der Waals surface area (Å²) in [6.45, 7) is -0.990. The fraction of sp³-hybridized carbons (Fsp3) is 0.158. The molecule has 0 aliphatic rings. The Morgan fingerprint density at radius 2 is 1.20 bits per heavy atom. The van der Waals surface area contributed by atoms with Crippen molar-refractivity contribution in [2.75, 3.05) is 25.0 Å². The summed E-state index contributed by atoms with van der Waals surface area (Å²) in [6.07, 6.45) is 0. The number of nitrogens with one attached hydrogen (secondary N) is 4. The highest BCUT2D eigenvalue weighted by molar-refractivity contribution is 6.36. The highest BCUT2D eigenvalue weighted by Gasteiger charge is 2.13. The SMILES string of the molecule is O=C(CNC(=O)CNC(=O)c1ccc(Cl)cc1Cl)NCC(=O)Nc1ccc(Cl)cc1. The molecular formula is C19H17Cl3N4O4. The van der Waals surface area contributed by atoms with E-state index in [0.717, 1.165) is 0 Å². The van der Waals surface area contributed by atoms with Crippen LogP contribution >= 0.6 is 34.8 Å². The molecule has 0 saturated heterocycles. The minimum atomic E-state index is -0.589. The number of amides is 4. The van der Waals surface area contributed by atoms with Gasteiger partial charge in [0.15, 0.2) is 0 Å². The second kappa shape index (κ2) is 11.4. The minimum absolute atomic E-state index is 0.150. The van der Waals surface area contributed by atoms with Gasteiger partial charge < -0.3 is 21.3 Å². The molecule has 0 aliphatic heterocycles. The van der Waals surface area contributed by atoms with E-state index >= 15 is 0 Å². The Bertz CT molecular complexity index is 951. The molecule has 0 bridgehead atoms. The van der Waals surface area contributed by atoms with E-state index < -0.39 is 23.6 Å². The lowest BCUT2D eigenvalue weighted by Gasteiger charge is -2.09. The monoisotopic (exact) mass is 470 g/mol. The highest BCUT2D eigenvalue weighted by atomic mass is 35.5. The summed E-state index contributed by atoms with van der Waals surface area (Å²) in [5, 5.41) is 10.7. The first kappa shape index (κ1) is 23.5. The maximum atomic E-state index is 12.0. The minimum Gasteiger partial charge on any atom is -0.346 e. The molecule has 4 amide bonds. The number of hydrogen-bond donors (Lipinski definition) is 4. The summed E-state index contributed by atoms with van der Waals surface area (Å²) >= 11 is 17.4. The van der Waals surface area contributed by atoms with E-state index in [4.69, 9.17) is 34.8 Å². The number of hydrogen-bond acceptors (Lipinski definition) is 4. The molecule has 0 radical (unpaired) electrons. The summed E-state index contributed by atoms with van der Waals surface area (Å²) in [4.78, 5) is 47.3. The van der Waals surface area contributed by atoms with Gasteiger partial charge in [-0.3, -0.25) is 19.2 Å². The molecule has 4 N–H and O–H groups in total. The lowest BCUT2D eigenvalue weighted by Crippen LogP contribution is -2.43. The molecule has 0 fully saturated rings. The van der Waals surface area contributed by atoms with Crippen LogP contribution < -0.4 is 21.3 Å². The van der Waals surface area contributed by atoms with Crippen LogP contribution in [-0.2, 0) is 14.4 Å². The van der Waals surface area contributed by atoms with Gasteiger partial charge >= 0.3 is 0 Å². The van der Waals surface area contributed by atoms with Gasteiger partial charge in [0.1, 0.15) is 0 Å². The maximum Gasteiger partial charge on any atom is 0.253 e. The molecule has 158 valence electrons. The molecule has 0 saturated carbocycles. The van der Waals surface area contributed by atoms with Crippen molar-refractivity contribution in [2.45, 2.75) is 0 Å². The van der Waals surface area contributed by atoms with Gasteiger partial charge in [-0.2, -0.15) is 0 Å². The third kappa shape index (κ3) is 7.90. The first-order chi connectivity index (χ1) is 14.2. The molecule has 0 aromatic heterocycles. The van der Waals surface area contributed by atoms with Crippen molar-refractivity contribution >= 4 is 64.1 Å². The van der Waals surface area contributed by atoms with Crippen molar-refractivity contribution in [1.29, 1.82) is 0 Å². The molecule has 2 rings (SSSR count). The second-order valence-corrected chi connectivity index (χ2v) is 7.20. The molecule has 0 aliphatic carbocycles. The van der Waals surface area contributed by atoms with Gasteiger partial charge in [-0.15, -0.1) is 0 Å². The lowest BCUT2D eigenvalue weighted by molar-refractivity contribution is -0.126. The van der Waals surface area contributed by atoms with E-state index in [0.29, 0.717) is 15.7 Å². The molecule has 2 aromatic rings. The van der Waals surface area contributed by atoms with Crippen LogP contribution in [0, 0.1) is 0 Å². The van der Waals surface area contributed by atoms with Crippen LogP contribution in [0.25, 0.3) is 0 Å². The van der Waals surface area contributed by atoms with Crippen molar-refractivity contribution in [3.05, 3.63) is 63.1 Å². The fourth-order valence-electron chi connectivity index (χ4n) is 2.15. The van der Waals surface area contributed by atoms with Gasteiger partial charge in [0.25, 0.3) is 5.91 Å². The average Bonchev–Trinajstić information content (AvgIpc) is 2.70. The third-order valence-corrected chi connectivity index (χ3v) is 4.41.